The van der Waals surface area contributed by atoms with Crippen molar-refractivity contribution in [2.24, 2.45) is 0 Å². The summed E-state index contributed by atoms with van der Waals surface area (Å²) in [6.07, 6.45) is 0. The Morgan fingerprint density at radius 2 is 1.87 bits per heavy atom. The summed E-state index contributed by atoms with van der Waals surface area (Å²) in [5.74, 6) is -0.805. The van der Waals surface area contributed by atoms with Crippen LogP contribution in [0.2, 0.25) is 0 Å². The maximum absolute atomic E-state index is 12.8. The van der Waals surface area contributed by atoms with Crippen LogP contribution >= 0.6 is 15.9 Å². The number of carbonyl (C=O) groups excluding carboxylic acids is 2. The predicted molar refractivity (Wildman–Crippen MR) is 90.9 cm³/mol. The Hall–Kier alpha value is -2.21. The largest absolute Gasteiger partial charge is 0.350 e. The van der Waals surface area contributed by atoms with Crippen molar-refractivity contribution in [1.82, 2.24) is 5.32 Å². The molecule has 0 atom stereocenters. The normalized spacial score (nSPS) is 10.2. The minimum atomic E-state index is -0.390. The second-order valence-corrected chi connectivity index (χ2v) is 5.83. The first-order valence-electron chi connectivity index (χ1n) is 7.05. The summed E-state index contributed by atoms with van der Waals surface area (Å²) >= 11 is 3.37. The van der Waals surface area contributed by atoms with Crippen molar-refractivity contribution in [3.63, 3.8) is 0 Å². The summed E-state index contributed by atoms with van der Waals surface area (Å²) in [5.41, 5.74) is 1.13. The highest BCUT2D eigenvalue weighted by atomic mass is 79.9. The van der Waals surface area contributed by atoms with Crippen molar-refractivity contribution in [3.8, 4) is 0 Å². The fourth-order valence-electron chi connectivity index (χ4n) is 2.10. The zero-order chi connectivity index (χ0) is 16.8. The summed E-state index contributed by atoms with van der Waals surface area (Å²) in [6, 6.07) is 12.7. The van der Waals surface area contributed by atoms with Crippen LogP contribution in [0.5, 0.6) is 0 Å². The molecule has 0 bridgehead atoms. The lowest BCUT2D eigenvalue weighted by molar-refractivity contribution is -0.116. The molecular weight excluding hydrogens is 363 g/mol. The lowest BCUT2D eigenvalue weighted by atomic mass is 10.2. The van der Waals surface area contributed by atoms with Crippen molar-refractivity contribution >= 4 is 33.4 Å². The molecule has 6 heteroatoms. The average molecular weight is 379 g/mol. The third kappa shape index (κ3) is 4.89. The molecule has 0 saturated carbocycles. The Bertz CT molecular complexity index is 704. The van der Waals surface area contributed by atoms with Gasteiger partial charge in [-0.2, -0.15) is 0 Å². The van der Waals surface area contributed by atoms with Crippen LogP contribution in [-0.4, -0.2) is 24.9 Å². The topological polar surface area (TPSA) is 49.4 Å². The standard InChI is InChI=1S/C17H16BrFN2O2/c1-12(22)21(16-4-2-3-14(18)11-16)10-9-20-17(23)13-5-7-15(19)8-6-13/h2-8,11H,9-10H2,1H3,(H,20,23). The molecule has 0 saturated heterocycles. The Morgan fingerprint density at radius 1 is 1.17 bits per heavy atom. The molecule has 4 nitrogen and oxygen atoms in total. The maximum Gasteiger partial charge on any atom is 0.251 e. The van der Waals surface area contributed by atoms with Gasteiger partial charge in [0.25, 0.3) is 5.91 Å². The van der Waals surface area contributed by atoms with Gasteiger partial charge in [0, 0.05) is 35.7 Å². The third-order valence-electron chi connectivity index (χ3n) is 3.23. The van der Waals surface area contributed by atoms with E-state index >= 15 is 0 Å². The van der Waals surface area contributed by atoms with Gasteiger partial charge >= 0.3 is 0 Å². The molecule has 1 N–H and O–H groups in total. The molecule has 0 aliphatic rings. The highest BCUT2D eigenvalue weighted by Crippen LogP contribution is 2.19. The van der Waals surface area contributed by atoms with E-state index in [1.54, 1.807) is 4.90 Å². The second-order valence-electron chi connectivity index (χ2n) is 4.91. The van der Waals surface area contributed by atoms with Crippen molar-refractivity contribution in [2.75, 3.05) is 18.0 Å². The van der Waals surface area contributed by atoms with Gasteiger partial charge in [-0.25, -0.2) is 4.39 Å². The number of nitrogens with one attached hydrogen (secondary N) is 1. The van der Waals surface area contributed by atoms with E-state index in [1.807, 2.05) is 24.3 Å². The van der Waals surface area contributed by atoms with Gasteiger partial charge in [0.15, 0.2) is 0 Å². The first kappa shape index (κ1) is 17.1. The molecule has 0 aliphatic carbocycles. The zero-order valence-corrected chi connectivity index (χ0v) is 14.1. The van der Waals surface area contributed by atoms with Gasteiger partial charge < -0.3 is 10.2 Å². The van der Waals surface area contributed by atoms with Crippen LogP contribution in [0.15, 0.2) is 53.0 Å². The summed E-state index contributed by atoms with van der Waals surface area (Å²) in [4.78, 5) is 25.3. The minimum Gasteiger partial charge on any atom is -0.350 e. The number of hydrogen-bond donors (Lipinski definition) is 1. The number of hydrogen-bond acceptors (Lipinski definition) is 2. The molecule has 0 aliphatic heterocycles. The number of benzene rings is 2. The first-order valence-corrected chi connectivity index (χ1v) is 7.84. The number of rotatable bonds is 5. The lowest BCUT2D eigenvalue weighted by Crippen LogP contribution is -2.37. The second kappa shape index (κ2) is 7.87. The molecule has 2 aromatic carbocycles. The Balaban J connectivity index is 1.96. The first-order chi connectivity index (χ1) is 11.0. The van der Waals surface area contributed by atoms with E-state index < -0.39 is 0 Å². The number of halogens is 2. The SMILES string of the molecule is CC(=O)N(CCNC(=O)c1ccc(F)cc1)c1cccc(Br)c1. The summed E-state index contributed by atoms with van der Waals surface area (Å²) < 4.78 is 13.7. The smallest absolute Gasteiger partial charge is 0.251 e. The van der Waals surface area contributed by atoms with E-state index in [4.69, 9.17) is 0 Å². The van der Waals surface area contributed by atoms with Gasteiger partial charge in [0.1, 0.15) is 5.82 Å². The zero-order valence-electron chi connectivity index (χ0n) is 12.6. The van der Waals surface area contributed by atoms with E-state index in [0.717, 1.165) is 10.2 Å². The van der Waals surface area contributed by atoms with Gasteiger partial charge in [-0.05, 0) is 42.5 Å². The summed E-state index contributed by atoms with van der Waals surface area (Å²) in [5, 5.41) is 2.72. The monoisotopic (exact) mass is 378 g/mol. The van der Waals surface area contributed by atoms with Gasteiger partial charge in [0.05, 0.1) is 0 Å². The van der Waals surface area contributed by atoms with Gasteiger partial charge in [-0.1, -0.05) is 22.0 Å². The molecule has 2 rings (SSSR count). The molecular formula is C17H16BrFN2O2. The Labute approximate surface area is 142 Å². The molecule has 0 fully saturated rings. The number of amides is 2. The van der Waals surface area contributed by atoms with Crippen LogP contribution in [0.3, 0.4) is 0 Å². The Morgan fingerprint density at radius 3 is 2.48 bits per heavy atom. The fraction of sp³-hybridized carbons (Fsp3) is 0.176. The number of nitrogens with zero attached hydrogens (tertiary/aromatic N) is 1. The number of anilines is 1. The third-order valence-corrected chi connectivity index (χ3v) is 3.72. The molecule has 0 unspecified atom stereocenters. The van der Waals surface area contributed by atoms with Gasteiger partial charge in [-0.3, -0.25) is 9.59 Å². The van der Waals surface area contributed by atoms with E-state index in [1.165, 1.54) is 31.2 Å². The van der Waals surface area contributed by atoms with Gasteiger partial charge in [-0.15, -0.1) is 0 Å². The van der Waals surface area contributed by atoms with Crippen LogP contribution in [-0.2, 0) is 4.79 Å². The van der Waals surface area contributed by atoms with Crippen LogP contribution < -0.4 is 10.2 Å². The highest BCUT2D eigenvalue weighted by Gasteiger charge is 2.12. The summed E-state index contributed by atoms with van der Waals surface area (Å²) in [7, 11) is 0. The lowest BCUT2D eigenvalue weighted by Gasteiger charge is -2.21. The van der Waals surface area contributed by atoms with Crippen LogP contribution in [0.4, 0.5) is 10.1 Å². The van der Waals surface area contributed by atoms with Crippen molar-refractivity contribution in [1.29, 1.82) is 0 Å². The quantitative estimate of drug-likeness (QED) is 0.866. The summed E-state index contributed by atoms with van der Waals surface area (Å²) in [6.45, 7) is 2.11. The van der Waals surface area contributed by atoms with Crippen molar-refractivity contribution < 1.29 is 14.0 Å². The molecule has 0 heterocycles. The molecule has 23 heavy (non-hydrogen) atoms. The maximum atomic E-state index is 12.8. The highest BCUT2D eigenvalue weighted by molar-refractivity contribution is 9.10. The van der Waals surface area contributed by atoms with Crippen molar-refractivity contribution in [3.05, 3.63) is 64.4 Å². The Kier molecular flexibility index (Phi) is 5.87. The molecule has 0 spiro atoms. The van der Waals surface area contributed by atoms with Crippen LogP contribution in [0.25, 0.3) is 0 Å². The molecule has 2 amide bonds. The van der Waals surface area contributed by atoms with E-state index in [-0.39, 0.29) is 17.6 Å². The fourth-order valence-corrected chi connectivity index (χ4v) is 2.48. The van der Waals surface area contributed by atoms with E-state index in [0.29, 0.717) is 18.7 Å². The number of carbonyl (C=O) groups is 2. The van der Waals surface area contributed by atoms with Crippen LogP contribution in [0.1, 0.15) is 17.3 Å². The predicted octanol–water partition coefficient (Wildman–Crippen LogP) is 3.37. The van der Waals surface area contributed by atoms with E-state index in [2.05, 4.69) is 21.2 Å². The van der Waals surface area contributed by atoms with Crippen LogP contribution in [0, 0.1) is 5.82 Å². The van der Waals surface area contributed by atoms with Gasteiger partial charge in [0.2, 0.25) is 5.91 Å². The molecule has 0 aromatic heterocycles. The molecule has 2 aromatic rings. The molecule has 120 valence electrons. The molecule has 0 radical (unpaired) electrons. The minimum absolute atomic E-state index is 0.112. The van der Waals surface area contributed by atoms with E-state index in [9.17, 15) is 14.0 Å². The average Bonchev–Trinajstić information content (AvgIpc) is 2.51. The van der Waals surface area contributed by atoms with Crippen molar-refractivity contribution in [2.45, 2.75) is 6.92 Å².